The van der Waals surface area contributed by atoms with Crippen molar-refractivity contribution >= 4 is 39.9 Å². The Morgan fingerprint density at radius 2 is 1.58 bits per heavy atom. The van der Waals surface area contributed by atoms with E-state index in [2.05, 4.69) is 25.3 Å². The second kappa shape index (κ2) is 14.0. The molecule has 0 aliphatic rings. The average Bonchev–Trinajstić information content (AvgIpc) is 3.01. The standard InChI is InChI=1S/C30H34N8O6S/c1-20-8-14-24(15-9-20)45(42,43)38(5)29-34-27(33-28(35-29)37(4)19-22-7-6-16-31-18-22)32-25(26(39)40)17-21-10-12-23(13-11-21)44-30(41)36(2)3/h6-16,18,25H,17,19H2,1-5H3,(H,39,40)(H,32,33,34,35)/t25-/m0/s1. The number of anilines is 3. The van der Waals surface area contributed by atoms with Crippen LogP contribution in [0.15, 0.2) is 78.0 Å². The third-order valence-corrected chi connectivity index (χ3v) is 8.34. The number of carbonyl (C=O) groups excluding carboxylic acids is 1. The quantitative estimate of drug-likeness (QED) is 0.234. The summed E-state index contributed by atoms with van der Waals surface area (Å²) in [5, 5.41) is 12.9. The van der Waals surface area contributed by atoms with Crippen LogP contribution in [0, 0.1) is 6.92 Å². The molecule has 2 heterocycles. The maximum Gasteiger partial charge on any atom is 0.414 e. The van der Waals surface area contributed by atoms with Gasteiger partial charge in [0.2, 0.25) is 17.8 Å². The number of carboxylic acid groups (broad SMARTS) is 1. The van der Waals surface area contributed by atoms with Gasteiger partial charge in [-0.2, -0.15) is 15.0 Å². The third-order valence-electron chi connectivity index (χ3n) is 6.59. The van der Waals surface area contributed by atoms with Gasteiger partial charge in [-0.1, -0.05) is 35.9 Å². The van der Waals surface area contributed by atoms with Crippen molar-refractivity contribution in [3.63, 3.8) is 0 Å². The van der Waals surface area contributed by atoms with Crippen LogP contribution in [0.2, 0.25) is 0 Å². The van der Waals surface area contributed by atoms with Gasteiger partial charge >= 0.3 is 12.1 Å². The second-order valence-electron chi connectivity index (χ2n) is 10.4. The van der Waals surface area contributed by atoms with E-state index in [1.807, 2.05) is 13.0 Å². The predicted molar refractivity (Wildman–Crippen MR) is 168 cm³/mol. The lowest BCUT2D eigenvalue weighted by Gasteiger charge is -2.23. The van der Waals surface area contributed by atoms with Gasteiger partial charge in [0.05, 0.1) is 4.90 Å². The molecule has 0 saturated carbocycles. The summed E-state index contributed by atoms with van der Waals surface area (Å²) < 4.78 is 33.1. The van der Waals surface area contributed by atoms with E-state index in [9.17, 15) is 23.1 Å². The van der Waals surface area contributed by atoms with Gasteiger partial charge in [-0.3, -0.25) is 4.98 Å². The van der Waals surface area contributed by atoms with Gasteiger partial charge in [0, 0.05) is 53.5 Å². The Morgan fingerprint density at radius 1 is 0.911 bits per heavy atom. The molecule has 0 aliphatic heterocycles. The minimum absolute atomic E-state index is 0.0105. The fourth-order valence-electron chi connectivity index (χ4n) is 4.02. The summed E-state index contributed by atoms with van der Waals surface area (Å²) in [4.78, 5) is 44.4. The Labute approximate surface area is 261 Å². The largest absolute Gasteiger partial charge is 0.480 e. The summed E-state index contributed by atoms with van der Waals surface area (Å²) in [5.74, 6) is -1.13. The van der Waals surface area contributed by atoms with Gasteiger partial charge in [-0.15, -0.1) is 0 Å². The Hall–Kier alpha value is -5.31. The number of benzene rings is 2. The molecular weight excluding hydrogens is 600 g/mol. The summed E-state index contributed by atoms with van der Waals surface area (Å²) in [7, 11) is 2.08. The molecule has 45 heavy (non-hydrogen) atoms. The molecule has 2 aromatic heterocycles. The van der Waals surface area contributed by atoms with Crippen molar-refractivity contribution in [1.82, 2.24) is 24.8 Å². The molecule has 0 saturated heterocycles. The molecule has 236 valence electrons. The first-order valence-electron chi connectivity index (χ1n) is 13.7. The summed E-state index contributed by atoms with van der Waals surface area (Å²) >= 11 is 0. The fraction of sp³-hybridized carbons (Fsp3) is 0.267. The van der Waals surface area contributed by atoms with E-state index in [1.54, 1.807) is 80.9 Å². The van der Waals surface area contributed by atoms with Crippen molar-refractivity contribution in [1.29, 1.82) is 0 Å². The molecule has 0 unspecified atom stereocenters. The topological polar surface area (TPSA) is 171 Å². The highest BCUT2D eigenvalue weighted by atomic mass is 32.2. The van der Waals surface area contributed by atoms with Crippen LogP contribution in [-0.2, 0) is 27.8 Å². The smallest absolute Gasteiger partial charge is 0.414 e. The lowest BCUT2D eigenvalue weighted by atomic mass is 10.1. The second-order valence-corrected chi connectivity index (χ2v) is 12.4. The summed E-state index contributed by atoms with van der Waals surface area (Å²) in [6.07, 6.45) is 2.79. The first-order chi connectivity index (χ1) is 21.3. The normalized spacial score (nSPS) is 11.8. The van der Waals surface area contributed by atoms with Crippen LogP contribution in [0.4, 0.5) is 22.6 Å². The van der Waals surface area contributed by atoms with Crippen LogP contribution < -0.4 is 19.3 Å². The molecule has 4 rings (SSSR count). The summed E-state index contributed by atoms with van der Waals surface area (Å²) in [5.41, 5.74) is 2.37. The Morgan fingerprint density at radius 3 is 2.18 bits per heavy atom. The van der Waals surface area contributed by atoms with Gasteiger partial charge in [-0.25, -0.2) is 22.3 Å². The molecular formula is C30H34N8O6S. The van der Waals surface area contributed by atoms with Crippen LogP contribution in [0.1, 0.15) is 16.7 Å². The number of carbonyl (C=O) groups is 2. The van der Waals surface area contributed by atoms with Crippen LogP contribution >= 0.6 is 0 Å². The number of pyridine rings is 1. The first-order valence-corrected chi connectivity index (χ1v) is 15.2. The van der Waals surface area contributed by atoms with E-state index in [0.29, 0.717) is 17.9 Å². The van der Waals surface area contributed by atoms with Crippen molar-refractivity contribution in [2.24, 2.45) is 0 Å². The zero-order valence-electron chi connectivity index (χ0n) is 25.4. The minimum Gasteiger partial charge on any atom is -0.480 e. The number of nitrogens with one attached hydrogen (secondary N) is 1. The number of sulfonamides is 1. The molecule has 14 nitrogen and oxygen atoms in total. The van der Waals surface area contributed by atoms with Crippen LogP contribution in [0.25, 0.3) is 0 Å². The maximum atomic E-state index is 13.5. The highest BCUT2D eigenvalue weighted by Crippen LogP contribution is 2.24. The molecule has 0 radical (unpaired) electrons. The molecule has 1 amide bonds. The van der Waals surface area contributed by atoms with Crippen molar-refractivity contribution in [3.05, 3.63) is 89.7 Å². The molecule has 15 heteroatoms. The van der Waals surface area contributed by atoms with Gasteiger partial charge in [0.25, 0.3) is 10.0 Å². The number of hydrogen-bond donors (Lipinski definition) is 2. The molecule has 2 N–H and O–H groups in total. The number of rotatable bonds is 12. The molecule has 0 fully saturated rings. The number of aryl methyl sites for hydroxylation is 1. The fourth-order valence-corrected chi connectivity index (χ4v) is 5.11. The zero-order chi connectivity index (χ0) is 32.7. The molecule has 4 aromatic rings. The van der Waals surface area contributed by atoms with Crippen molar-refractivity contribution < 1.29 is 27.9 Å². The number of nitrogens with zero attached hydrogens (tertiary/aromatic N) is 7. The number of ether oxygens (including phenoxy) is 1. The SMILES string of the molecule is Cc1ccc(S(=O)(=O)N(C)c2nc(N[C@@H](Cc3ccc(OC(=O)N(C)C)cc3)C(=O)O)nc(N(C)Cc3cccnc3)n2)cc1. The molecule has 0 bridgehead atoms. The van der Waals surface area contributed by atoms with Gasteiger partial charge in [-0.05, 0) is 48.4 Å². The Kier molecular flexibility index (Phi) is 10.1. The Balaban J connectivity index is 1.65. The minimum atomic E-state index is -4.07. The molecule has 0 spiro atoms. The zero-order valence-corrected chi connectivity index (χ0v) is 26.3. The predicted octanol–water partition coefficient (Wildman–Crippen LogP) is 3.20. The monoisotopic (exact) mass is 634 g/mol. The highest BCUT2D eigenvalue weighted by molar-refractivity contribution is 7.92. The number of hydrogen-bond acceptors (Lipinski definition) is 11. The van der Waals surface area contributed by atoms with E-state index in [-0.39, 0.29) is 29.2 Å². The summed E-state index contributed by atoms with van der Waals surface area (Å²) in [6.45, 7) is 2.18. The highest BCUT2D eigenvalue weighted by Gasteiger charge is 2.27. The number of amides is 1. The lowest BCUT2D eigenvalue weighted by molar-refractivity contribution is -0.137. The average molecular weight is 635 g/mol. The van der Waals surface area contributed by atoms with Gasteiger partial charge < -0.3 is 25.0 Å². The van der Waals surface area contributed by atoms with Crippen LogP contribution in [0.5, 0.6) is 5.75 Å². The van der Waals surface area contributed by atoms with E-state index in [0.717, 1.165) is 15.4 Å². The van der Waals surface area contributed by atoms with E-state index < -0.39 is 28.1 Å². The van der Waals surface area contributed by atoms with Crippen molar-refractivity contribution in [2.75, 3.05) is 42.7 Å². The van der Waals surface area contributed by atoms with E-state index in [4.69, 9.17) is 4.74 Å². The van der Waals surface area contributed by atoms with Crippen molar-refractivity contribution in [3.8, 4) is 5.75 Å². The van der Waals surface area contributed by atoms with Crippen LogP contribution in [0.3, 0.4) is 0 Å². The summed E-state index contributed by atoms with van der Waals surface area (Å²) in [6, 6.07) is 15.2. The van der Waals surface area contributed by atoms with Gasteiger partial charge in [0.15, 0.2) is 0 Å². The van der Waals surface area contributed by atoms with Crippen LogP contribution in [-0.4, -0.2) is 84.7 Å². The maximum absolute atomic E-state index is 13.5. The molecule has 1 atom stereocenters. The van der Waals surface area contributed by atoms with E-state index in [1.165, 1.54) is 24.1 Å². The lowest BCUT2D eigenvalue weighted by Crippen LogP contribution is -2.34. The Bertz CT molecular complexity index is 1740. The number of aromatic nitrogens is 4. The number of aliphatic carboxylic acids is 1. The third kappa shape index (κ3) is 8.41. The number of carboxylic acids is 1. The molecule has 0 aliphatic carbocycles. The van der Waals surface area contributed by atoms with Gasteiger partial charge in [0.1, 0.15) is 11.8 Å². The van der Waals surface area contributed by atoms with Crippen molar-refractivity contribution in [2.45, 2.75) is 30.8 Å². The van der Waals surface area contributed by atoms with E-state index >= 15 is 0 Å². The first kappa shape index (κ1) is 32.6. The molecule has 2 aromatic carbocycles.